The molecule has 2 unspecified atom stereocenters. The first kappa shape index (κ1) is 16.9. The minimum absolute atomic E-state index is 0.0694. The maximum Gasteiger partial charge on any atom is 0.236 e. The first-order valence-corrected chi connectivity index (χ1v) is 6.67. The molecule has 0 aliphatic carbocycles. The van der Waals surface area contributed by atoms with Crippen LogP contribution in [0.1, 0.15) is 41.0 Å². The molecule has 0 aromatic heterocycles. The van der Waals surface area contributed by atoms with Crippen molar-refractivity contribution in [3.63, 3.8) is 0 Å². The van der Waals surface area contributed by atoms with Crippen LogP contribution in [-0.2, 0) is 9.59 Å². The van der Waals surface area contributed by atoms with Crippen molar-refractivity contribution in [3.8, 4) is 0 Å². The molecule has 2 atom stereocenters. The van der Waals surface area contributed by atoms with Crippen molar-refractivity contribution in [2.45, 2.75) is 53.1 Å². The van der Waals surface area contributed by atoms with E-state index in [1.54, 1.807) is 6.92 Å². The molecule has 5 nitrogen and oxygen atoms in total. The van der Waals surface area contributed by atoms with Gasteiger partial charge in [0.2, 0.25) is 11.8 Å². The van der Waals surface area contributed by atoms with Crippen molar-refractivity contribution in [1.29, 1.82) is 0 Å². The molecule has 0 aromatic rings. The Kier molecular flexibility index (Phi) is 8.37. The smallest absolute Gasteiger partial charge is 0.236 e. The van der Waals surface area contributed by atoms with Crippen LogP contribution < -0.4 is 16.0 Å². The zero-order chi connectivity index (χ0) is 14.1. The van der Waals surface area contributed by atoms with Crippen LogP contribution in [0.15, 0.2) is 0 Å². The number of hydrogen-bond acceptors (Lipinski definition) is 3. The molecule has 0 radical (unpaired) electrons. The second kappa shape index (κ2) is 8.91. The number of carbonyl (C=O) groups is 2. The van der Waals surface area contributed by atoms with E-state index in [4.69, 9.17) is 0 Å². The Labute approximate surface area is 110 Å². The lowest BCUT2D eigenvalue weighted by Gasteiger charge is -2.16. The van der Waals surface area contributed by atoms with Gasteiger partial charge in [-0.25, -0.2) is 0 Å². The van der Waals surface area contributed by atoms with E-state index < -0.39 is 0 Å². The van der Waals surface area contributed by atoms with Gasteiger partial charge in [0, 0.05) is 12.6 Å². The fraction of sp³-hybridized carbons (Fsp3) is 0.846. The van der Waals surface area contributed by atoms with E-state index in [1.807, 2.05) is 27.7 Å². The van der Waals surface area contributed by atoms with E-state index in [-0.39, 0.29) is 30.4 Å². The summed E-state index contributed by atoms with van der Waals surface area (Å²) in [6, 6.07) is -0.184. The van der Waals surface area contributed by atoms with Gasteiger partial charge >= 0.3 is 0 Å². The van der Waals surface area contributed by atoms with Crippen LogP contribution in [0.5, 0.6) is 0 Å². The molecule has 5 heteroatoms. The van der Waals surface area contributed by atoms with Crippen LogP contribution in [0.25, 0.3) is 0 Å². The van der Waals surface area contributed by atoms with E-state index in [0.29, 0.717) is 12.5 Å². The van der Waals surface area contributed by atoms with Gasteiger partial charge in [-0.3, -0.25) is 14.9 Å². The topological polar surface area (TPSA) is 70.2 Å². The predicted octanol–water partition coefficient (Wildman–Crippen LogP) is 0.651. The lowest BCUT2D eigenvalue weighted by Crippen LogP contribution is -2.47. The molecular weight excluding hydrogens is 230 g/mol. The molecule has 18 heavy (non-hydrogen) atoms. The van der Waals surface area contributed by atoms with Crippen molar-refractivity contribution >= 4 is 11.8 Å². The Morgan fingerprint density at radius 3 is 2.22 bits per heavy atom. The minimum Gasteiger partial charge on any atom is -0.354 e. The van der Waals surface area contributed by atoms with Crippen molar-refractivity contribution < 1.29 is 9.59 Å². The van der Waals surface area contributed by atoms with Crippen molar-refractivity contribution in [3.05, 3.63) is 0 Å². The molecule has 0 aromatic carbocycles. The summed E-state index contributed by atoms with van der Waals surface area (Å²) in [5.41, 5.74) is 0. The summed E-state index contributed by atoms with van der Waals surface area (Å²) in [5, 5.41) is 8.58. The lowest BCUT2D eigenvalue weighted by molar-refractivity contribution is -0.123. The third kappa shape index (κ3) is 8.06. The van der Waals surface area contributed by atoms with Gasteiger partial charge < -0.3 is 10.6 Å². The van der Waals surface area contributed by atoms with Crippen molar-refractivity contribution in [2.75, 3.05) is 13.1 Å². The molecule has 3 N–H and O–H groups in total. The normalized spacial score (nSPS) is 14.1. The standard InChI is InChI=1S/C13H27N3O2/c1-6-10(4)16-12(17)8-14-11(5)13(18)15-7-9(2)3/h9-11,14H,6-8H2,1-5H3,(H,15,18)(H,16,17). The third-order valence-corrected chi connectivity index (χ3v) is 2.67. The zero-order valence-corrected chi connectivity index (χ0v) is 12.2. The van der Waals surface area contributed by atoms with Crippen molar-refractivity contribution in [2.24, 2.45) is 5.92 Å². The molecule has 106 valence electrons. The highest BCUT2D eigenvalue weighted by Crippen LogP contribution is 1.90. The summed E-state index contributed by atoms with van der Waals surface area (Å²) in [5.74, 6) is 0.280. The van der Waals surface area contributed by atoms with Crippen LogP contribution in [0.2, 0.25) is 0 Å². The third-order valence-electron chi connectivity index (χ3n) is 2.67. The average Bonchev–Trinajstić information content (AvgIpc) is 2.32. The molecule has 2 amide bonds. The fourth-order valence-corrected chi connectivity index (χ4v) is 1.22. The second-order valence-corrected chi connectivity index (χ2v) is 5.12. The van der Waals surface area contributed by atoms with Gasteiger partial charge in [-0.1, -0.05) is 20.8 Å². The highest BCUT2D eigenvalue weighted by Gasteiger charge is 2.14. The lowest BCUT2D eigenvalue weighted by atomic mass is 10.2. The summed E-state index contributed by atoms with van der Waals surface area (Å²) in [6.45, 7) is 10.6. The quantitative estimate of drug-likeness (QED) is 0.598. The van der Waals surface area contributed by atoms with E-state index in [2.05, 4.69) is 16.0 Å². The molecule has 0 bridgehead atoms. The number of nitrogens with one attached hydrogen (secondary N) is 3. The Morgan fingerprint density at radius 1 is 1.11 bits per heavy atom. The summed E-state index contributed by atoms with van der Waals surface area (Å²) < 4.78 is 0. The maximum atomic E-state index is 11.6. The maximum absolute atomic E-state index is 11.6. The van der Waals surface area contributed by atoms with Crippen LogP contribution >= 0.6 is 0 Å². The van der Waals surface area contributed by atoms with Crippen LogP contribution in [0.4, 0.5) is 0 Å². The monoisotopic (exact) mass is 257 g/mol. The molecule has 0 saturated heterocycles. The Balaban J connectivity index is 3.84. The van der Waals surface area contributed by atoms with E-state index in [1.165, 1.54) is 0 Å². The second-order valence-electron chi connectivity index (χ2n) is 5.12. The van der Waals surface area contributed by atoms with Gasteiger partial charge in [-0.2, -0.15) is 0 Å². The number of carbonyl (C=O) groups excluding carboxylic acids is 2. The number of rotatable bonds is 8. The van der Waals surface area contributed by atoms with Crippen LogP contribution in [0.3, 0.4) is 0 Å². The summed E-state index contributed by atoms with van der Waals surface area (Å²) >= 11 is 0. The molecule has 0 fully saturated rings. The first-order valence-electron chi connectivity index (χ1n) is 6.67. The van der Waals surface area contributed by atoms with Gasteiger partial charge in [0.15, 0.2) is 0 Å². The molecule has 0 heterocycles. The predicted molar refractivity (Wildman–Crippen MR) is 73.2 cm³/mol. The van der Waals surface area contributed by atoms with Crippen molar-refractivity contribution in [1.82, 2.24) is 16.0 Å². The SMILES string of the molecule is CCC(C)NC(=O)CNC(C)C(=O)NCC(C)C. The zero-order valence-electron chi connectivity index (χ0n) is 12.2. The molecule has 0 aliphatic rings. The molecule has 0 rings (SSSR count). The van der Waals surface area contributed by atoms with Gasteiger partial charge in [-0.15, -0.1) is 0 Å². The van der Waals surface area contributed by atoms with E-state index in [0.717, 1.165) is 6.42 Å². The Hall–Kier alpha value is -1.10. The highest BCUT2D eigenvalue weighted by atomic mass is 16.2. The van der Waals surface area contributed by atoms with E-state index >= 15 is 0 Å². The minimum atomic E-state index is -0.355. The van der Waals surface area contributed by atoms with Gasteiger partial charge in [0.25, 0.3) is 0 Å². The summed E-state index contributed by atoms with van der Waals surface area (Å²) in [7, 11) is 0. The van der Waals surface area contributed by atoms with Gasteiger partial charge in [0.05, 0.1) is 12.6 Å². The van der Waals surface area contributed by atoms with Crippen LogP contribution in [-0.4, -0.2) is 37.0 Å². The number of hydrogen-bond donors (Lipinski definition) is 3. The Morgan fingerprint density at radius 2 is 1.72 bits per heavy atom. The molecular formula is C13H27N3O2. The first-order chi connectivity index (χ1) is 8.36. The average molecular weight is 257 g/mol. The van der Waals surface area contributed by atoms with Crippen LogP contribution in [0, 0.1) is 5.92 Å². The largest absolute Gasteiger partial charge is 0.354 e. The Bertz CT molecular complexity index is 267. The van der Waals surface area contributed by atoms with Gasteiger partial charge in [-0.05, 0) is 26.2 Å². The molecule has 0 aliphatic heterocycles. The molecule has 0 spiro atoms. The summed E-state index contributed by atoms with van der Waals surface area (Å²) in [6.07, 6.45) is 0.899. The molecule has 0 saturated carbocycles. The van der Waals surface area contributed by atoms with E-state index in [9.17, 15) is 9.59 Å². The fourth-order valence-electron chi connectivity index (χ4n) is 1.22. The van der Waals surface area contributed by atoms with Gasteiger partial charge in [0.1, 0.15) is 0 Å². The summed E-state index contributed by atoms with van der Waals surface area (Å²) in [4.78, 5) is 23.1. The highest BCUT2D eigenvalue weighted by molar-refractivity contribution is 5.83. The number of amides is 2.